The quantitative estimate of drug-likeness (QED) is 0.739. The molecule has 0 spiro atoms. The van der Waals surface area contributed by atoms with E-state index < -0.39 is 5.60 Å². The maximum atomic E-state index is 11.2. The topological polar surface area (TPSA) is 32.3 Å². The summed E-state index contributed by atoms with van der Waals surface area (Å²) in [5.41, 5.74) is 1.09. The van der Waals surface area contributed by atoms with E-state index >= 15 is 0 Å². The predicted octanol–water partition coefficient (Wildman–Crippen LogP) is 5.71. The Bertz CT molecular complexity index is 690. The monoisotopic (exact) mass is 351 g/mol. The van der Waals surface area contributed by atoms with Crippen LogP contribution in [0.25, 0.3) is 0 Å². The molecule has 2 aromatic rings. The smallest absolute Gasteiger partial charge is 0.115 e. The largest absolute Gasteiger partial charge is 0.384 e. The van der Waals surface area contributed by atoms with Crippen molar-refractivity contribution >= 4 is 28.9 Å². The Morgan fingerprint density at radius 2 is 1.61 bits per heavy atom. The van der Waals surface area contributed by atoms with Crippen LogP contribution in [0.4, 0.5) is 5.69 Å². The first-order chi connectivity index (χ1) is 10.6. The van der Waals surface area contributed by atoms with Crippen molar-refractivity contribution in [3.05, 3.63) is 63.6 Å². The molecule has 0 fully saturated rings. The maximum Gasteiger partial charge on any atom is 0.115 e. The van der Waals surface area contributed by atoms with Crippen LogP contribution in [0.15, 0.2) is 42.5 Å². The molecule has 1 unspecified atom stereocenters. The summed E-state index contributed by atoms with van der Waals surface area (Å²) >= 11 is 12.5. The zero-order valence-corrected chi connectivity index (χ0v) is 15.5. The fourth-order valence-electron chi connectivity index (χ4n) is 2.43. The Morgan fingerprint density at radius 1 is 0.957 bits per heavy atom. The van der Waals surface area contributed by atoms with Crippen molar-refractivity contribution in [3.63, 3.8) is 0 Å². The summed E-state index contributed by atoms with van der Waals surface area (Å²) in [6, 6.07) is 12.8. The van der Waals surface area contributed by atoms with Crippen LogP contribution in [0.3, 0.4) is 0 Å². The normalized spacial score (nSPS) is 14.4. The van der Waals surface area contributed by atoms with Crippen LogP contribution in [-0.4, -0.2) is 11.7 Å². The summed E-state index contributed by atoms with van der Waals surface area (Å²) in [5.74, 6) is 0. The first-order valence-corrected chi connectivity index (χ1v) is 8.38. The number of halogens is 2. The highest BCUT2D eigenvalue weighted by Gasteiger charge is 2.31. The van der Waals surface area contributed by atoms with Gasteiger partial charge in [0.05, 0.1) is 0 Å². The van der Waals surface area contributed by atoms with E-state index in [1.807, 2.05) is 30.3 Å². The molecule has 2 nitrogen and oxygen atoms in total. The minimum atomic E-state index is -1.25. The van der Waals surface area contributed by atoms with Gasteiger partial charge in [0.2, 0.25) is 0 Å². The van der Waals surface area contributed by atoms with Crippen molar-refractivity contribution in [3.8, 4) is 0 Å². The van der Waals surface area contributed by atoms with Crippen molar-refractivity contribution in [1.29, 1.82) is 0 Å². The molecule has 0 saturated heterocycles. The van der Waals surface area contributed by atoms with E-state index in [2.05, 4.69) is 26.1 Å². The molecule has 4 heteroatoms. The summed E-state index contributed by atoms with van der Waals surface area (Å²) in [5, 5.41) is 15.7. The van der Waals surface area contributed by atoms with Gasteiger partial charge < -0.3 is 10.4 Å². The standard InChI is InChI=1S/C19H23Cl2NO/c1-18(2,3)12-22-17-10-9-13(20)11-15(17)19(4,23)14-7-5-6-8-16(14)21/h5-11,22-23H,12H2,1-4H3. The summed E-state index contributed by atoms with van der Waals surface area (Å²) in [6.07, 6.45) is 0. The van der Waals surface area contributed by atoms with Gasteiger partial charge in [0.25, 0.3) is 0 Å². The second kappa shape index (κ2) is 6.72. The van der Waals surface area contributed by atoms with E-state index in [0.717, 1.165) is 12.2 Å². The lowest BCUT2D eigenvalue weighted by Crippen LogP contribution is -2.27. The average Bonchev–Trinajstić information content (AvgIpc) is 2.45. The second-order valence-electron chi connectivity index (χ2n) is 7.16. The molecule has 124 valence electrons. The van der Waals surface area contributed by atoms with E-state index in [1.54, 1.807) is 19.1 Å². The highest BCUT2D eigenvalue weighted by atomic mass is 35.5. The third kappa shape index (κ3) is 4.41. The van der Waals surface area contributed by atoms with Gasteiger partial charge in [-0.3, -0.25) is 0 Å². The van der Waals surface area contributed by atoms with Gasteiger partial charge in [-0.1, -0.05) is 62.2 Å². The number of hydrogen-bond donors (Lipinski definition) is 2. The number of rotatable bonds is 4. The van der Waals surface area contributed by atoms with Crippen LogP contribution in [-0.2, 0) is 5.60 Å². The lowest BCUT2D eigenvalue weighted by molar-refractivity contribution is 0.103. The lowest BCUT2D eigenvalue weighted by atomic mass is 9.86. The number of nitrogens with one attached hydrogen (secondary N) is 1. The van der Waals surface area contributed by atoms with E-state index in [4.69, 9.17) is 23.2 Å². The van der Waals surface area contributed by atoms with Crippen molar-refractivity contribution < 1.29 is 5.11 Å². The number of aliphatic hydroxyl groups is 1. The average molecular weight is 352 g/mol. The first-order valence-electron chi connectivity index (χ1n) is 7.62. The number of hydrogen-bond acceptors (Lipinski definition) is 2. The van der Waals surface area contributed by atoms with Gasteiger partial charge in [-0.05, 0) is 36.6 Å². The summed E-state index contributed by atoms with van der Waals surface area (Å²) in [7, 11) is 0. The third-order valence-corrected chi connectivity index (χ3v) is 4.28. The van der Waals surface area contributed by atoms with Crippen LogP contribution >= 0.6 is 23.2 Å². The fraction of sp³-hybridized carbons (Fsp3) is 0.368. The van der Waals surface area contributed by atoms with Crippen LogP contribution < -0.4 is 5.32 Å². The van der Waals surface area contributed by atoms with Gasteiger partial charge >= 0.3 is 0 Å². The van der Waals surface area contributed by atoms with Crippen LogP contribution in [0.5, 0.6) is 0 Å². The highest BCUT2D eigenvalue weighted by Crippen LogP contribution is 2.39. The van der Waals surface area contributed by atoms with Gasteiger partial charge in [0.15, 0.2) is 0 Å². The summed E-state index contributed by atoms with van der Waals surface area (Å²) < 4.78 is 0. The van der Waals surface area contributed by atoms with Crippen molar-refractivity contribution in [2.24, 2.45) is 5.41 Å². The fourth-order valence-corrected chi connectivity index (χ4v) is 2.93. The highest BCUT2D eigenvalue weighted by molar-refractivity contribution is 6.31. The van der Waals surface area contributed by atoms with Crippen molar-refractivity contribution in [2.45, 2.75) is 33.3 Å². The molecule has 0 saturated carbocycles. The van der Waals surface area contributed by atoms with Gasteiger partial charge in [-0.2, -0.15) is 0 Å². The molecule has 2 aromatic carbocycles. The second-order valence-corrected chi connectivity index (χ2v) is 8.00. The number of anilines is 1. The molecular weight excluding hydrogens is 329 g/mol. The zero-order valence-electron chi connectivity index (χ0n) is 14.0. The number of benzene rings is 2. The molecule has 0 amide bonds. The molecule has 0 aliphatic carbocycles. The zero-order chi connectivity index (χ0) is 17.3. The van der Waals surface area contributed by atoms with E-state index in [0.29, 0.717) is 21.2 Å². The molecule has 0 radical (unpaired) electrons. The Hall–Kier alpha value is -1.22. The minimum Gasteiger partial charge on any atom is -0.384 e. The molecule has 23 heavy (non-hydrogen) atoms. The molecule has 0 bridgehead atoms. The van der Waals surface area contributed by atoms with E-state index in [9.17, 15) is 5.11 Å². The predicted molar refractivity (Wildman–Crippen MR) is 99.5 cm³/mol. The lowest BCUT2D eigenvalue weighted by Gasteiger charge is -2.29. The van der Waals surface area contributed by atoms with Gasteiger partial charge in [-0.15, -0.1) is 0 Å². The van der Waals surface area contributed by atoms with Crippen LogP contribution in [0.1, 0.15) is 38.8 Å². The van der Waals surface area contributed by atoms with E-state index in [-0.39, 0.29) is 5.41 Å². The molecule has 2 rings (SSSR count). The van der Waals surface area contributed by atoms with Crippen LogP contribution in [0, 0.1) is 5.41 Å². The van der Waals surface area contributed by atoms with Crippen molar-refractivity contribution in [1.82, 2.24) is 0 Å². The Morgan fingerprint density at radius 3 is 2.22 bits per heavy atom. The molecular formula is C19H23Cl2NO. The Balaban J connectivity index is 2.48. The maximum absolute atomic E-state index is 11.2. The van der Waals surface area contributed by atoms with Gasteiger partial charge in [0, 0.05) is 33.4 Å². The molecule has 0 aliphatic heterocycles. The van der Waals surface area contributed by atoms with Gasteiger partial charge in [0.1, 0.15) is 5.60 Å². The molecule has 0 aliphatic rings. The third-order valence-electron chi connectivity index (χ3n) is 3.71. The first kappa shape index (κ1) is 18.1. The molecule has 0 aromatic heterocycles. The van der Waals surface area contributed by atoms with Gasteiger partial charge in [-0.25, -0.2) is 0 Å². The van der Waals surface area contributed by atoms with Crippen molar-refractivity contribution in [2.75, 3.05) is 11.9 Å². The molecule has 1 atom stereocenters. The summed E-state index contributed by atoms with van der Waals surface area (Å²) in [4.78, 5) is 0. The Labute approximate surface area is 148 Å². The van der Waals surface area contributed by atoms with E-state index in [1.165, 1.54) is 0 Å². The summed E-state index contributed by atoms with van der Waals surface area (Å²) in [6.45, 7) is 8.98. The SMILES string of the molecule is CC(C)(C)CNc1ccc(Cl)cc1C(C)(O)c1ccccc1Cl. The van der Waals surface area contributed by atoms with Crippen LogP contribution in [0.2, 0.25) is 10.0 Å². The Kier molecular flexibility index (Phi) is 5.30. The minimum absolute atomic E-state index is 0.118. The molecule has 0 heterocycles. The molecule has 2 N–H and O–H groups in total.